The van der Waals surface area contributed by atoms with Gasteiger partial charge in [0, 0.05) is 6.42 Å². The summed E-state index contributed by atoms with van der Waals surface area (Å²) in [5.74, 6) is 0.549. The van der Waals surface area contributed by atoms with Gasteiger partial charge < -0.3 is 5.11 Å². The van der Waals surface area contributed by atoms with Crippen molar-refractivity contribution < 1.29 is 5.11 Å². The lowest BCUT2D eigenvalue weighted by molar-refractivity contribution is 0.129. The van der Waals surface area contributed by atoms with Crippen LogP contribution < -0.4 is 0 Å². The Balaban J connectivity index is 1.94. The first-order chi connectivity index (χ1) is 6.74. The summed E-state index contributed by atoms with van der Waals surface area (Å²) in [4.78, 5) is 0. The third-order valence-electron chi connectivity index (χ3n) is 3.19. The first kappa shape index (κ1) is 9.72. The predicted octanol–water partition coefficient (Wildman–Crippen LogP) is 2.78. The van der Waals surface area contributed by atoms with Crippen LogP contribution in [0.5, 0.6) is 0 Å². The van der Waals surface area contributed by atoms with Crippen molar-refractivity contribution in [2.45, 2.75) is 38.2 Å². The summed E-state index contributed by atoms with van der Waals surface area (Å²) in [5.41, 5.74) is 0.880. The molecule has 0 aromatic heterocycles. The largest absolute Gasteiger partial charge is 0.389 e. The fourth-order valence-corrected chi connectivity index (χ4v) is 2.25. The molecule has 0 heterocycles. The Bertz CT molecular complexity index is 293. The Hall–Kier alpha value is -0.820. The SMILES string of the molecule is CCCC1CC1(O)Cc1ccccc1. The summed E-state index contributed by atoms with van der Waals surface area (Å²) in [5, 5.41) is 10.2. The van der Waals surface area contributed by atoms with Gasteiger partial charge in [0.25, 0.3) is 0 Å². The summed E-state index contributed by atoms with van der Waals surface area (Å²) in [6.07, 6.45) is 4.18. The molecule has 1 aliphatic rings. The monoisotopic (exact) mass is 190 g/mol. The number of rotatable bonds is 4. The van der Waals surface area contributed by atoms with Crippen LogP contribution in [0.1, 0.15) is 31.7 Å². The van der Waals surface area contributed by atoms with Crippen molar-refractivity contribution in [2.75, 3.05) is 0 Å². The molecule has 2 atom stereocenters. The lowest BCUT2D eigenvalue weighted by Crippen LogP contribution is -2.14. The van der Waals surface area contributed by atoms with Crippen molar-refractivity contribution in [2.24, 2.45) is 5.92 Å². The van der Waals surface area contributed by atoms with Crippen LogP contribution >= 0.6 is 0 Å². The van der Waals surface area contributed by atoms with Gasteiger partial charge in [-0.15, -0.1) is 0 Å². The van der Waals surface area contributed by atoms with E-state index in [4.69, 9.17) is 0 Å². The second-order valence-electron chi connectivity index (χ2n) is 4.46. The quantitative estimate of drug-likeness (QED) is 0.774. The molecule has 0 radical (unpaired) electrons. The highest BCUT2D eigenvalue weighted by Crippen LogP contribution is 2.48. The summed E-state index contributed by atoms with van der Waals surface area (Å²) in [6, 6.07) is 10.3. The van der Waals surface area contributed by atoms with Crippen molar-refractivity contribution in [1.82, 2.24) is 0 Å². The van der Waals surface area contributed by atoms with E-state index in [1.54, 1.807) is 0 Å². The van der Waals surface area contributed by atoms with Gasteiger partial charge in [0.1, 0.15) is 0 Å². The van der Waals surface area contributed by atoms with Crippen LogP contribution in [0.2, 0.25) is 0 Å². The van der Waals surface area contributed by atoms with Gasteiger partial charge in [-0.1, -0.05) is 43.7 Å². The second-order valence-corrected chi connectivity index (χ2v) is 4.46. The van der Waals surface area contributed by atoms with E-state index in [0.717, 1.165) is 12.8 Å². The van der Waals surface area contributed by atoms with E-state index < -0.39 is 0 Å². The van der Waals surface area contributed by atoms with Crippen LogP contribution in [0.25, 0.3) is 0 Å². The van der Waals surface area contributed by atoms with Crippen LogP contribution in [-0.4, -0.2) is 10.7 Å². The third-order valence-corrected chi connectivity index (χ3v) is 3.19. The van der Waals surface area contributed by atoms with Crippen molar-refractivity contribution in [1.29, 1.82) is 0 Å². The first-order valence-corrected chi connectivity index (χ1v) is 5.51. The highest BCUT2D eigenvalue weighted by Gasteiger charge is 2.51. The molecule has 0 bridgehead atoms. The lowest BCUT2D eigenvalue weighted by Gasteiger charge is -2.09. The number of hydrogen-bond acceptors (Lipinski definition) is 1. The molecule has 76 valence electrons. The molecular formula is C13H18O. The van der Waals surface area contributed by atoms with Crippen LogP contribution in [0, 0.1) is 5.92 Å². The van der Waals surface area contributed by atoms with Gasteiger partial charge in [0.05, 0.1) is 5.60 Å². The highest BCUT2D eigenvalue weighted by molar-refractivity contribution is 5.20. The zero-order valence-corrected chi connectivity index (χ0v) is 8.74. The van der Waals surface area contributed by atoms with Crippen molar-refractivity contribution in [3.63, 3.8) is 0 Å². The molecule has 1 saturated carbocycles. The Morgan fingerprint density at radius 1 is 1.36 bits per heavy atom. The predicted molar refractivity (Wildman–Crippen MR) is 58.1 cm³/mol. The molecule has 0 amide bonds. The fourth-order valence-electron chi connectivity index (χ4n) is 2.25. The maximum Gasteiger partial charge on any atom is 0.0720 e. The van der Waals surface area contributed by atoms with Gasteiger partial charge >= 0.3 is 0 Å². The Kier molecular flexibility index (Phi) is 2.60. The van der Waals surface area contributed by atoms with Gasteiger partial charge in [-0.25, -0.2) is 0 Å². The lowest BCUT2D eigenvalue weighted by atomic mass is 10.0. The Morgan fingerprint density at radius 3 is 2.71 bits per heavy atom. The summed E-state index contributed by atoms with van der Waals surface area (Å²) in [7, 11) is 0. The second kappa shape index (κ2) is 3.74. The Labute approximate surface area is 85.8 Å². The number of benzene rings is 1. The summed E-state index contributed by atoms with van der Waals surface area (Å²) >= 11 is 0. The Morgan fingerprint density at radius 2 is 2.07 bits per heavy atom. The molecule has 1 aliphatic carbocycles. The van der Waals surface area contributed by atoms with Gasteiger partial charge in [-0.2, -0.15) is 0 Å². The fraction of sp³-hybridized carbons (Fsp3) is 0.538. The maximum absolute atomic E-state index is 10.2. The normalized spacial score (nSPS) is 30.3. The van der Waals surface area contributed by atoms with E-state index in [2.05, 4.69) is 19.1 Å². The van der Waals surface area contributed by atoms with E-state index in [-0.39, 0.29) is 5.60 Å². The van der Waals surface area contributed by atoms with Crippen LogP contribution in [-0.2, 0) is 6.42 Å². The molecule has 1 N–H and O–H groups in total. The third kappa shape index (κ3) is 1.98. The van der Waals surface area contributed by atoms with Crippen molar-refractivity contribution >= 4 is 0 Å². The molecule has 0 saturated heterocycles. The van der Waals surface area contributed by atoms with E-state index in [1.165, 1.54) is 18.4 Å². The smallest absolute Gasteiger partial charge is 0.0720 e. The van der Waals surface area contributed by atoms with E-state index in [9.17, 15) is 5.11 Å². The molecule has 14 heavy (non-hydrogen) atoms. The standard InChI is InChI=1S/C13H18O/c1-2-6-12-10-13(12,14)9-11-7-4-3-5-8-11/h3-5,7-8,12,14H,2,6,9-10H2,1H3. The van der Waals surface area contributed by atoms with E-state index in [0.29, 0.717) is 5.92 Å². The van der Waals surface area contributed by atoms with Gasteiger partial charge in [0.2, 0.25) is 0 Å². The molecule has 1 heteroatoms. The van der Waals surface area contributed by atoms with Crippen LogP contribution in [0.15, 0.2) is 30.3 Å². The minimum absolute atomic E-state index is 0.378. The molecule has 1 aromatic rings. The molecule has 2 rings (SSSR count). The van der Waals surface area contributed by atoms with Crippen LogP contribution in [0.4, 0.5) is 0 Å². The molecule has 2 unspecified atom stereocenters. The molecule has 0 spiro atoms. The van der Waals surface area contributed by atoms with Gasteiger partial charge in [0.15, 0.2) is 0 Å². The first-order valence-electron chi connectivity index (χ1n) is 5.51. The molecule has 1 nitrogen and oxygen atoms in total. The van der Waals surface area contributed by atoms with E-state index in [1.807, 2.05) is 18.2 Å². The molecule has 0 aliphatic heterocycles. The number of aliphatic hydroxyl groups is 1. The van der Waals surface area contributed by atoms with Gasteiger partial charge in [-0.05, 0) is 24.3 Å². The summed E-state index contributed by atoms with van der Waals surface area (Å²) < 4.78 is 0. The van der Waals surface area contributed by atoms with Crippen molar-refractivity contribution in [3.8, 4) is 0 Å². The zero-order valence-electron chi connectivity index (χ0n) is 8.74. The number of hydrogen-bond donors (Lipinski definition) is 1. The topological polar surface area (TPSA) is 20.2 Å². The maximum atomic E-state index is 10.2. The highest BCUT2D eigenvalue weighted by atomic mass is 16.3. The summed E-state index contributed by atoms with van der Waals surface area (Å²) in [6.45, 7) is 2.18. The van der Waals surface area contributed by atoms with Gasteiger partial charge in [-0.3, -0.25) is 0 Å². The molecular weight excluding hydrogens is 172 g/mol. The van der Waals surface area contributed by atoms with Crippen molar-refractivity contribution in [3.05, 3.63) is 35.9 Å². The minimum Gasteiger partial charge on any atom is -0.389 e. The zero-order chi connectivity index (χ0) is 10.0. The molecule has 1 aromatic carbocycles. The average Bonchev–Trinajstić information content (AvgIpc) is 2.78. The van der Waals surface area contributed by atoms with Crippen LogP contribution in [0.3, 0.4) is 0 Å². The average molecular weight is 190 g/mol. The van der Waals surface area contributed by atoms with E-state index >= 15 is 0 Å². The minimum atomic E-state index is -0.378. The molecule has 1 fully saturated rings.